The number of carbonyl (C=O) groups is 1. The van der Waals surface area contributed by atoms with Gasteiger partial charge in [-0.25, -0.2) is 0 Å². The van der Waals surface area contributed by atoms with Gasteiger partial charge >= 0.3 is 0 Å². The van der Waals surface area contributed by atoms with Crippen LogP contribution in [0.25, 0.3) is 0 Å². The van der Waals surface area contributed by atoms with Crippen LogP contribution in [0.3, 0.4) is 0 Å². The molecule has 1 atom stereocenters. The molecule has 78 valence electrons. The average molecular weight is 195 g/mol. The van der Waals surface area contributed by atoms with Crippen LogP contribution in [0.4, 0.5) is 0 Å². The van der Waals surface area contributed by atoms with Crippen molar-refractivity contribution >= 4 is 5.78 Å². The molecule has 0 bridgehead atoms. The number of nitrogens with zero attached hydrogens (tertiary/aromatic N) is 2. The maximum absolute atomic E-state index is 11.4. The fourth-order valence-corrected chi connectivity index (χ4v) is 1.33. The summed E-state index contributed by atoms with van der Waals surface area (Å²) in [5, 5.41) is 4.10. The molecule has 1 heterocycles. The molecule has 0 saturated heterocycles. The summed E-state index contributed by atoms with van der Waals surface area (Å²) in [7, 11) is 0. The minimum atomic E-state index is -0.0521. The van der Waals surface area contributed by atoms with Crippen LogP contribution >= 0.6 is 0 Å². The Morgan fingerprint density at radius 2 is 2.43 bits per heavy atom. The van der Waals surface area contributed by atoms with E-state index in [1.807, 2.05) is 24.7 Å². The number of ketones is 1. The van der Waals surface area contributed by atoms with Gasteiger partial charge in [0.05, 0.1) is 6.20 Å². The maximum atomic E-state index is 11.4. The van der Waals surface area contributed by atoms with E-state index in [0.717, 1.165) is 12.1 Å². The summed E-state index contributed by atoms with van der Waals surface area (Å²) in [6.07, 6.45) is 4.53. The van der Waals surface area contributed by atoms with Crippen LogP contribution < -0.4 is 5.73 Å². The van der Waals surface area contributed by atoms with E-state index in [4.69, 9.17) is 5.73 Å². The van der Waals surface area contributed by atoms with Crippen LogP contribution in [0, 0.1) is 0 Å². The van der Waals surface area contributed by atoms with Crippen LogP contribution in [-0.4, -0.2) is 21.6 Å². The predicted molar refractivity (Wildman–Crippen MR) is 54.9 cm³/mol. The van der Waals surface area contributed by atoms with E-state index in [1.165, 1.54) is 0 Å². The molecule has 0 aliphatic heterocycles. The molecule has 0 radical (unpaired) electrons. The first kappa shape index (κ1) is 10.9. The molecule has 4 heteroatoms. The van der Waals surface area contributed by atoms with E-state index >= 15 is 0 Å². The molecule has 1 unspecified atom stereocenters. The maximum Gasteiger partial charge on any atom is 0.138 e. The third-order valence-corrected chi connectivity index (χ3v) is 1.96. The van der Waals surface area contributed by atoms with Crippen molar-refractivity contribution < 1.29 is 4.79 Å². The number of nitrogens with two attached hydrogens (primary N) is 1. The fourth-order valence-electron chi connectivity index (χ4n) is 1.33. The summed E-state index contributed by atoms with van der Waals surface area (Å²) >= 11 is 0. The minimum absolute atomic E-state index is 0.0521. The van der Waals surface area contributed by atoms with Crippen LogP contribution in [-0.2, 0) is 17.8 Å². The van der Waals surface area contributed by atoms with Crippen LogP contribution in [0.2, 0.25) is 0 Å². The first-order valence-electron chi connectivity index (χ1n) is 4.90. The minimum Gasteiger partial charge on any atom is -0.328 e. The Bertz CT molecular complexity index is 304. The Balaban J connectivity index is 2.47. The van der Waals surface area contributed by atoms with Gasteiger partial charge in [0.1, 0.15) is 5.78 Å². The summed E-state index contributed by atoms with van der Waals surface area (Å²) < 4.78 is 1.81. The molecule has 4 nitrogen and oxygen atoms in total. The lowest BCUT2D eigenvalue weighted by atomic mass is 10.1. The molecule has 0 spiro atoms. The van der Waals surface area contributed by atoms with E-state index in [1.54, 1.807) is 6.20 Å². The van der Waals surface area contributed by atoms with E-state index in [9.17, 15) is 4.79 Å². The van der Waals surface area contributed by atoms with Crippen molar-refractivity contribution in [1.82, 2.24) is 9.78 Å². The number of carbonyl (C=O) groups excluding carboxylic acids is 1. The summed E-state index contributed by atoms with van der Waals surface area (Å²) in [4.78, 5) is 11.4. The second-order valence-electron chi connectivity index (χ2n) is 3.60. The lowest BCUT2D eigenvalue weighted by Gasteiger charge is -2.01. The third-order valence-electron chi connectivity index (χ3n) is 1.96. The molecule has 1 aromatic rings. The van der Waals surface area contributed by atoms with E-state index in [-0.39, 0.29) is 11.8 Å². The number of rotatable bonds is 5. The van der Waals surface area contributed by atoms with Gasteiger partial charge in [-0.3, -0.25) is 9.48 Å². The van der Waals surface area contributed by atoms with Gasteiger partial charge in [0.25, 0.3) is 0 Å². The van der Waals surface area contributed by atoms with Crippen molar-refractivity contribution in [2.75, 3.05) is 0 Å². The zero-order valence-electron chi connectivity index (χ0n) is 8.73. The molecule has 1 rings (SSSR count). The predicted octanol–water partition coefficient (Wildman–Crippen LogP) is 0.752. The zero-order valence-corrected chi connectivity index (χ0v) is 8.73. The molecule has 0 aliphatic rings. The van der Waals surface area contributed by atoms with Crippen LogP contribution in [0.5, 0.6) is 0 Å². The van der Waals surface area contributed by atoms with Crippen LogP contribution in [0.1, 0.15) is 25.8 Å². The molecular weight excluding hydrogens is 178 g/mol. The highest BCUT2D eigenvalue weighted by Gasteiger charge is 2.07. The van der Waals surface area contributed by atoms with Crippen molar-refractivity contribution in [3.63, 3.8) is 0 Å². The van der Waals surface area contributed by atoms with E-state index < -0.39 is 0 Å². The van der Waals surface area contributed by atoms with Crippen molar-refractivity contribution in [3.8, 4) is 0 Å². The highest BCUT2D eigenvalue weighted by atomic mass is 16.1. The lowest BCUT2D eigenvalue weighted by Crippen LogP contribution is -2.20. The number of Topliss-reactive ketones (excluding diaryl/α,β-unsaturated/α-hetero) is 1. The monoisotopic (exact) mass is 195 g/mol. The normalized spacial score (nSPS) is 12.8. The van der Waals surface area contributed by atoms with Gasteiger partial charge in [0, 0.05) is 31.6 Å². The van der Waals surface area contributed by atoms with E-state index in [2.05, 4.69) is 5.10 Å². The summed E-state index contributed by atoms with van der Waals surface area (Å²) in [5.41, 5.74) is 6.51. The van der Waals surface area contributed by atoms with Gasteiger partial charge in [-0.2, -0.15) is 5.10 Å². The molecule has 0 amide bonds. The second kappa shape index (κ2) is 4.91. The van der Waals surface area contributed by atoms with Gasteiger partial charge in [-0.1, -0.05) is 0 Å². The third kappa shape index (κ3) is 3.30. The van der Waals surface area contributed by atoms with Gasteiger partial charge in [0.15, 0.2) is 0 Å². The second-order valence-corrected chi connectivity index (χ2v) is 3.60. The Hall–Kier alpha value is -1.16. The summed E-state index contributed by atoms with van der Waals surface area (Å²) in [6.45, 7) is 4.69. The van der Waals surface area contributed by atoms with Gasteiger partial charge < -0.3 is 5.73 Å². The topological polar surface area (TPSA) is 60.9 Å². The molecular formula is C10H17N3O. The van der Waals surface area contributed by atoms with Crippen molar-refractivity contribution in [3.05, 3.63) is 18.0 Å². The quantitative estimate of drug-likeness (QED) is 0.754. The first-order valence-corrected chi connectivity index (χ1v) is 4.90. The zero-order chi connectivity index (χ0) is 10.6. The summed E-state index contributed by atoms with van der Waals surface area (Å²) in [6, 6.07) is -0.0521. The number of hydrogen-bond acceptors (Lipinski definition) is 3. The number of aromatic nitrogens is 2. The number of aryl methyl sites for hydroxylation is 1. The molecule has 1 aromatic heterocycles. The van der Waals surface area contributed by atoms with Crippen LogP contribution in [0.15, 0.2) is 12.4 Å². The van der Waals surface area contributed by atoms with Crippen molar-refractivity contribution in [2.24, 2.45) is 5.73 Å². The Kier molecular flexibility index (Phi) is 3.83. The van der Waals surface area contributed by atoms with Gasteiger partial charge in [-0.05, 0) is 19.4 Å². The lowest BCUT2D eigenvalue weighted by molar-refractivity contribution is -0.118. The Labute approximate surface area is 84.1 Å². The summed E-state index contributed by atoms with van der Waals surface area (Å²) in [5.74, 6) is 0.177. The highest BCUT2D eigenvalue weighted by Crippen LogP contribution is 2.02. The molecule has 2 N–H and O–H groups in total. The standard InChI is InChI=1S/C10H17N3O/c1-3-13-7-9(6-12-13)5-10(14)4-8(2)11/h6-8H,3-5,11H2,1-2H3. The smallest absolute Gasteiger partial charge is 0.138 e. The molecule has 0 saturated carbocycles. The van der Waals surface area contributed by atoms with Crippen molar-refractivity contribution in [2.45, 2.75) is 39.3 Å². The molecule has 14 heavy (non-hydrogen) atoms. The highest BCUT2D eigenvalue weighted by molar-refractivity contribution is 5.81. The van der Waals surface area contributed by atoms with Crippen molar-refractivity contribution in [1.29, 1.82) is 0 Å². The SMILES string of the molecule is CCn1cc(CC(=O)CC(C)N)cn1. The fraction of sp³-hybridized carbons (Fsp3) is 0.600. The Morgan fingerprint density at radius 1 is 1.71 bits per heavy atom. The number of hydrogen-bond donors (Lipinski definition) is 1. The molecule has 0 aliphatic carbocycles. The van der Waals surface area contributed by atoms with Gasteiger partial charge in [0.2, 0.25) is 0 Å². The largest absolute Gasteiger partial charge is 0.328 e. The first-order chi connectivity index (χ1) is 6.61. The Morgan fingerprint density at radius 3 is 2.93 bits per heavy atom. The van der Waals surface area contributed by atoms with E-state index in [0.29, 0.717) is 12.8 Å². The molecule has 0 aromatic carbocycles. The molecule has 0 fully saturated rings. The average Bonchev–Trinajstić information content (AvgIpc) is 2.50. The van der Waals surface area contributed by atoms with Gasteiger partial charge in [-0.15, -0.1) is 0 Å².